The molecular weight excluding hydrogens is 300 g/mol. The van der Waals surface area contributed by atoms with E-state index in [2.05, 4.69) is 9.72 Å². The van der Waals surface area contributed by atoms with Crippen molar-refractivity contribution in [1.29, 1.82) is 0 Å². The molecule has 0 aliphatic rings. The maximum atomic E-state index is 13.5. The van der Waals surface area contributed by atoms with Crippen molar-refractivity contribution in [1.82, 2.24) is 4.98 Å². The van der Waals surface area contributed by atoms with Gasteiger partial charge in [0, 0.05) is 6.20 Å². The van der Waals surface area contributed by atoms with Crippen molar-refractivity contribution in [2.24, 2.45) is 0 Å². The second-order valence-corrected chi connectivity index (χ2v) is 5.51. The third-order valence-corrected chi connectivity index (χ3v) is 4.02. The summed E-state index contributed by atoms with van der Waals surface area (Å²) in [6.07, 6.45) is 1.28. The van der Waals surface area contributed by atoms with Gasteiger partial charge in [0.25, 0.3) is 0 Å². The van der Waals surface area contributed by atoms with E-state index in [1.54, 1.807) is 0 Å². The maximum absolute atomic E-state index is 13.5. The van der Waals surface area contributed by atoms with Crippen molar-refractivity contribution in [2.45, 2.75) is 10.6 Å². The van der Waals surface area contributed by atoms with Crippen LogP contribution in [0.15, 0.2) is 41.4 Å². The lowest BCUT2D eigenvalue weighted by Crippen LogP contribution is -2.05. The summed E-state index contributed by atoms with van der Waals surface area (Å²) in [7, 11) is -0.521. The topological polar surface area (TPSA) is 56.3 Å². The summed E-state index contributed by atoms with van der Waals surface area (Å²) < 4.78 is 43.1. The number of ether oxygens (including phenoxy) is 1. The van der Waals surface area contributed by atoms with Gasteiger partial charge in [-0.1, -0.05) is 0 Å². The number of esters is 1. The van der Waals surface area contributed by atoms with Gasteiger partial charge in [-0.15, -0.1) is 0 Å². The Morgan fingerprint density at radius 2 is 2.05 bits per heavy atom. The highest BCUT2D eigenvalue weighted by molar-refractivity contribution is 7.84. The van der Waals surface area contributed by atoms with E-state index in [-0.39, 0.29) is 16.2 Å². The summed E-state index contributed by atoms with van der Waals surface area (Å²) in [5.41, 5.74) is 0.647. The zero-order valence-electron chi connectivity index (χ0n) is 11.0. The predicted molar refractivity (Wildman–Crippen MR) is 72.0 cm³/mol. The fourth-order valence-electron chi connectivity index (χ4n) is 1.61. The Balaban J connectivity index is 2.16. The number of nitrogens with zero attached hydrogens (tertiary/aromatic N) is 1. The molecule has 110 valence electrons. The number of hydrogen-bond donors (Lipinski definition) is 0. The molecule has 0 bridgehead atoms. The summed E-state index contributed by atoms with van der Waals surface area (Å²) in [4.78, 5) is 15.0. The first-order chi connectivity index (χ1) is 10.0. The van der Waals surface area contributed by atoms with Gasteiger partial charge in [0.15, 0.2) is 0 Å². The Morgan fingerprint density at radius 1 is 1.29 bits per heavy atom. The van der Waals surface area contributed by atoms with Crippen molar-refractivity contribution in [3.8, 4) is 0 Å². The molecule has 0 N–H and O–H groups in total. The molecule has 1 heterocycles. The largest absolute Gasteiger partial charge is 0.465 e. The smallest absolute Gasteiger partial charge is 0.339 e. The highest BCUT2D eigenvalue weighted by atomic mass is 32.2. The Morgan fingerprint density at radius 3 is 2.67 bits per heavy atom. The minimum atomic E-state index is -1.77. The number of halogens is 2. The van der Waals surface area contributed by atoms with Crippen molar-refractivity contribution in [3.05, 3.63) is 59.4 Å². The van der Waals surface area contributed by atoms with Gasteiger partial charge in [0.05, 0.1) is 39.8 Å². The molecule has 2 aromatic rings. The highest BCUT2D eigenvalue weighted by Crippen LogP contribution is 2.17. The first-order valence-electron chi connectivity index (χ1n) is 5.88. The number of rotatable bonds is 4. The van der Waals surface area contributed by atoms with Crippen LogP contribution in [0.3, 0.4) is 0 Å². The van der Waals surface area contributed by atoms with Gasteiger partial charge in [0.2, 0.25) is 0 Å². The third-order valence-electron chi connectivity index (χ3n) is 2.66. The van der Waals surface area contributed by atoms with E-state index < -0.39 is 28.4 Å². The van der Waals surface area contributed by atoms with Crippen LogP contribution >= 0.6 is 0 Å². The van der Waals surface area contributed by atoms with Gasteiger partial charge in [-0.25, -0.2) is 13.6 Å². The number of benzene rings is 1. The standard InChI is InChI=1S/C14H11F2NO3S/c1-20-14(18)9-2-4-11(17-7-9)8-21(19)13-6-10(15)3-5-12(13)16/h2-7H,8H2,1H3. The van der Waals surface area contributed by atoms with E-state index in [1.165, 1.54) is 25.4 Å². The molecule has 0 fully saturated rings. The lowest BCUT2D eigenvalue weighted by atomic mass is 10.2. The van der Waals surface area contributed by atoms with E-state index in [9.17, 15) is 17.8 Å². The first kappa shape index (κ1) is 15.2. The van der Waals surface area contributed by atoms with Gasteiger partial charge in [-0.2, -0.15) is 0 Å². The molecule has 0 spiro atoms. The predicted octanol–water partition coefficient (Wildman–Crippen LogP) is 2.45. The number of carbonyl (C=O) groups excluding carboxylic acids is 1. The molecule has 0 amide bonds. The molecule has 4 nitrogen and oxygen atoms in total. The van der Waals surface area contributed by atoms with Crippen LogP contribution in [-0.4, -0.2) is 22.3 Å². The molecule has 0 saturated carbocycles. The molecule has 7 heteroatoms. The van der Waals surface area contributed by atoms with Gasteiger partial charge in [-0.05, 0) is 30.3 Å². The Bertz CT molecular complexity index is 689. The van der Waals surface area contributed by atoms with Gasteiger partial charge in [-0.3, -0.25) is 9.19 Å². The second kappa shape index (κ2) is 6.53. The molecule has 1 unspecified atom stereocenters. The van der Waals surface area contributed by atoms with Crippen LogP contribution in [0.25, 0.3) is 0 Å². The highest BCUT2D eigenvalue weighted by Gasteiger charge is 2.13. The number of hydrogen-bond acceptors (Lipinski definition) is 4. The molecule has 1 aromatic carbocycles. The van der Waals surface area contributed by atoms with Crippen LogP contribution in [0, 0.1) is 11.6 Å². The zero-order chi connectivity index (χ0) is 15.4. The number of pyridine rings is 1. The van der Waals surface area contributed by atoms with Gasteiger partial charge >= 0.3 is 5.97 Å². The monoisotopic (exact) mass is 311 g/mol. The van der Waals surface area contributed by atoms with E-state index in [0.717, 1.165) is 18.2 Å². The zero-order valence-corrected chi connectivity index (χ0v) is 11.8. The number of carbonyl (C=O) groups is 1. The van der Waals surface area contributed by atoms with Gasteiger partial charge in [0.1, 0.15) is 11.6 Å². The summed E-state index contributed by atoms with van der Waals surface area (Å²) in [5, 5.41) is 0. The Labute approximate surface area is 122 Å². The second-order valence-electron chi connectivity index (χ2n) is 4.09. The van der Waals surface area contributed by atoms with Crippen molar-refractivity contribution < 1.29 is 22.5 Å². The molecule has 1 aromatic heterocycles. The molecule has 1 atom stereocenters. The fraction of sp³-hybridized carbons (Fsp3) is 0.143. The SMILES string of the molecule is COC(=O)c1ccc(CS(=O)c2cc(F)ccc2F)nc1. The van der Waals surface area contributed by atoms with Crippen LogP contribution in [0.5, 0.6) is 0 Å². The first-order valence-corrected chi connectivity index (χ1v) is 7.20. The average molecular weight is 311 g/mol. The van der Waals surface area contributed by atoms with E-state index in [0.29, 0.717) is 5.69 Å². The molecule has 0 radical (unpaired) electrons. The van der Waals surface area contributed by atoms with Crippen LogP contribution < -0.4 is 0 Å². The summed E-state index contributed by atoms with van der Waals surface area (Å²) in [5.74, 6) is -2.01. The van der Waals surface area contributed by atoms with Crippen LogP contribution in [0.4, 0.5) is 8.78 Å². The van der Waals surface area contributed by atoms with Crippen LogP contribution in [-0.2, 0) is 21.3 Å². The lowest BCUT2D eigenvalue weighted by molar-refractivity contribution is 0.0600. The molecule has 2 rings (SSSR count). The minimum absolute atomic E-state index is 0.0815. The third kappa shape index (κ3) is 3.69. The summed E-state index contributed by atoms with van der Waals surface area (Å²) >= 11 is 0. The lowest BCUT2D eigenvalue weighted by Gasteiger charge is -2.04. The van der Waals surface area contributed by atoms with E-state index in [4.69, 9.17) is 0 Å². The van der Waals surface area contributed by atoms with Crippen molar-refractivity contribution >= 4 is 16.8 Å². The van der Waals surface area contributed by atoms with Gasteiger partial charge < -0.3 is 4.74 Å². The fourth-order valence-corrected chi connectivity index (χ4v) is 2.74. The molecular formula is C14H11F2NO3S. The van der Waals surface area contributed by atoms with Crippen LogP contribution in [0.1, 0.15) is 16.1 Å². The summed E-state index contributed by atoms with van der Waals surface area (Å²) in [6, 6.07) is 5.73. The molecule has 21 heavy (non-hydrogen) atoms. The van der Waals surface area contributed by atoms with E-state index in [1.807, 2.05) is 0 Å². The maximum Gasteiger partial charge on any atom is 0.339 e. The summed E-state index contributed by atoms with van der Waals surface area (Å²) in [6.45, 7) is 0. The van der Waals surface area contributed by atoms with Crippen LogP contribution in [0.2, 0.25) is 0 Å². The molecule has 0 aliphatic carbocycles. The number of aromatic nitrogens is 1. The van der Waals surface area contributed by atoms with Crippen molar-refractivity contribution in [2.75, 3.05) is 7.11 Å². The number of methoxy groups -OCH3 is 1. The molecule has 0 saturated heterocycles. The normalized spacial score (nSPS) is 12.0. The minimum Gasteiger partial charge on any atom is -0.465 e. The average Bonchev–Trinajstić information content (AvgIpc) is 2.49. The Kier molecular flexibility index (Phi) is 4.74. The Hall–Kier alpha value is -2.15. The van der Waals surface area contributed by atoms with E-state index >= 15 is 0 Å². The quantitative estimate of drug-likeness (QED) is 0.814. The van der Waals surface area contributed by atoms with Crippen molar-refractivity contribution in [3.63, 3.8) is 0 Å². The molecule has 0 aliphatic heterocycles.